The summed E-state index contributed by atoms with van der Waals surface area (Å²) >= 11 is 0. The van der Waals surface area contributed by atoms with Crippen LogP contribution in [0.3, 0.4) is 0 Å². The number of hydrogen-bond donors (Lipinski definition) is 2. The zero-order valence-corrected chi connectivity index (χ0v) is 15.0. The van der Waals surface area contributed by atoms with Gasteiger partial charge in [0.2, 0.25) is 0 Å². The maximum Gasteiger partial charge on any atom is 0.335 e. The van der Waals surface area contributed by atoms with Crippen LogP contribution in [0.15, 0.2) is 84.9 Å². The molecule has 3 aromatic carbocycles. The van der Waals surface area contributed by atoms with Crippen molar-refractivity contribution in [2.45, 2.75) is 12.5 Å². The van der Waals surface area contributed by atoms with Crippen LogP contribution in [0.1, 0.15) is 11.6 Å². The van der Waals surface area contributed by atoms with E-state index in [-0.39, 0.29) is 18.2 Å². The molecule has 0 amide bonds. The van der Waals surface area contributed by atoms with Crippen LogP contribution in [0, 0.1) is 0 Å². The Kier molecular flexibility index (Phi) is 4.72. The third-order valence-electron chi connectivity index (χ3n) is 4.67. The summed E-state index contributed by atoms with van der Waals surface area (Å²) in [7, 11) is 0. The Balaban J connectivity index is 1.65. The third-order valence-corrected chi connectivity index (χ3v) is 4.67. The van der Waals surface area contributed by atoms with Gasteiger partial charge in [-0.05, 0) is 28.5 Å². The summed E-state index contributed by atoms with van der Waals surface area (Å²) in [6, 6.07) is 24.4. The molecule has 5 heteroatoms. The fourth-order valence-electron chi connectivity index (χ4n) is 3.28. The number of nitrogens with zero attached hydrogens (tertiary/aromatic N) is 1. The smallest absolute Gasteiger partial charge is 0.335 e. The number of ether oxygens (including phenoxy) is 1. The van der Waals surface area contributed by atoms with Gasteiger partial charge < -0.3 is 14.9 Å². The minimum Gasteiger partial charge on any atom is -0.494 e. The summed E-state index contributed by atoms with van der Waals surface area (Å²) < 4.78 is 6.79. The van der Waals surface area contributed by atoms with Crippen LogP contribution >= 0.6 is 0 Å². The Morgan fingerprint density at radius 1 is 0.821 bits per heavy atom. The van der Waals surface area contributed by atoms with E-state index >= 15 is 0 Å². The van der Waals surface area contributed by atoms with Crippen LogP contribution in [0.25, 0.3) is 10.8 Å². The van der Waals surface area contributed by atoms with Gasteiger partial charge in [-0.15, -0.1) is 0 Å². The van der Waals surface area contributed by atoms with Gasteiger partial charge in [-0.3, -0.25) is 4.57 Å². The highest BCUT2D eigenvalue weighted by atomic mass is 16.5. The molecule has 28 heavy (non-hydrogen) atoms. The summed E-state index contributed by atoms with van der Waals surface area (Å²) in [6.45, 7) is 0. The van der Waals surface area contributed by atoms with Gasteiger partial charge in [0.15, 0.2) is 11.8 Å². The lowest BCUT2D eigenvalue weighted by atomic mass is 10.1. The van der Waals surface area contributed by atoms with E-state index in [1.54, 1.807) is 12.1 Å². The van der Waals surface area contributed by atoms with Crippen molar-refractivity contribution in [2.75, 3.05) is 0 Å². The second-order valence-corrected chi connectivity index (χ2v) is 6.56. The Morgan fingerprint density at radius 2 is 1.46 bits per heavy atom. The van der Waals surface area contributed by atoms with Gasteiger partial charge in [-0.2, -0.15) is 0 Å². The van der Waals surface area contributed by atoms with E-state index in [4.69, 9.17) is 4.74 Å². The fourth-order valence-corrected chi connectivity index (χ4v) is 3.28. The van der Waals surface area contributed by atoms with Crippen molar-refractivity contribution < 1.29 is 19.7 Å². The van der Waals surface area contributed by atoms with Crippen molar-refractivity contribution in [1.29, 1.82) is 0 Å². The van der Waals surface area contributed by atoms with Gasteiger partial charge in [0.25, 0.3) is 0 Å². The molecule has 0 aliphatic rings. The lowest BCUT2D eigenvalue weighted by Crippen LogP contribution is -2.26. The molecular weight excluding hydrogens is 354 g/mol. The van der Waals surface area contributed by atoms with E-state index in [0.717, 1.165) is 16.3 Å². The second-order valence-electron chi connectivity index (χ2n) is 6.56. The topological polar surface area (TPSA) is 71.7 Å². The first-order valence-corrected chi connectivity index (χ1v) is 8.95. The zero-order chi connectivity index (χ0) is 19.5. The van der Waals surface area contributed by atoms with Crippen molar-refractivity contribution in [1.82, 2.24) is 4.57 Å². The monoisotopic (exact) mass is 373 g/mol. The van der Waals surface area contributed by atoms with Crippen molar-refractivity contribution >= 4 is 16.7 Å². The van der Waals surface area contributed by atoms with E-state index in [0.29, 0.717) is 5.75 Å². The first-order valence-electron chi connectivity index (χ1n) is 8.95. The van der Waals surface area contributed by atoms with Crippen molar-refractivity contribution in [2.24, 2.45) is 0 Å². The molecule has 5 nitrogen and oxygen atoms in total. The Hall–Kier alpha value is -3.73. The van der Waals surface area contributed by atoms with E-state index in [1.165, 1.54) is 16.7 Å². The van der Waals surface area contributed by atoms with Crippen LogP contribution < -0.4 is 4.74 Å². The number of carbonyl (C=O) groups is 1. The Labute approximate surface area is 162 Å². The highest BCUT2D eigenvalue weighted by molar-refractivity contribution is 5.85. The average molecular weight is 373 g/mol. The molecular formula is C23H19NO4. The summed E-state index contributed by atoms with van der Waals surface area (Å²) in [4.78, 5) is 13.0. The number of aromatic nitrogens is 1. The Bertz CT molecular complexity index is 1100. The highest BCUT2D eigenvalue weighted by Gasteiger charge is 2.27. The van der Waals surface area contributed by atoms with E-state index in [2.05, 4.69) is 0 Å². The lowest BCUT2D eigenvalue weighted by molar-refractivity contribution is -0.138. The first kappa shape index (κ1) is 17.7. The molecule has 0 saturated heterocycles. The lowest BCUT2D eigenvalue weighted by Gasteiger charge is -2.19. The van der Waals surface area contributed by atoms with E-state index in [9.17, 15) is 15.0 Å². The quantitative estimate of drug-likeness (QED) is 0.401. The van der Waals surface area contributed by atoms with Gasteiger partial charge in [0.1, 0.15) is 11.8 Å². The molecule has 1 atom stereocenters. The van der Waals surface area contributed by atoms with Gasteiger partial charge in [0, 0.05) is 18.6 Å². The second kappa shape index (κ2) is 7.48. The van der Waals surface area contributed by atoms with E-state index in [1.807, 2.05) is 60.7 Å². The summed E-state index contributed by atoms with van der Waals surface area (Å²) in [6.07, 6.45) is 0.267. The maximum absolute atomic E-state index is 13.0. The SMILES string of the molecule is O=C(Oc1ccc2ccccc2c1)[C@H](Cc1ccccc1)n1c(O)ccc1O. The van der Waals surface area contributed by atoms with Crippen molar-refractivity contribution in [3.63, 3.8) is 0 Å². The molecule has 1 heterocycles. The summed E-state index contributed by atoms with van der Waals surface area (Å²) in [5.41, 5.74) is 0.885. The normalized spacial score (nSPS) is 12.0. The first-order chi connectivity index (χ1) is 13.6. The number of aromatic hydroxyl groups is 2. The number of carbonyl (C=O) groups excluding carboxylic acids is 1. The van der Waals surface area contributed by atoms with Crippen molar-refractivity contribution in [3.8, 4) is 17.5 Å². The predicted molar refractivity (Wildman–Crippen MR) is 107 cm³/mol. The molecule has 1 aromatic heterocycles. The van der Waals surface area contributed by atoms with Crippen LogP contribution in [0.5, 0.6) is 17.5 Å². The predicted octanol–water partition coefficient (Wildman–Crippen LogP) is 4.44. The zero-order valence-electron chi connectivity index (χ0n) is 15.0. The molecule has 0 spiro atoms. The molecule has 0 saturated carbocycles. The minimum absolute atomic E-state index is 0.200. The standard InChI is InChI=1S/C23H19NO4/c25-21-12-13-22(26)24(21)20(14-16-6-2-1-3-7-16)23(27)28-19-11-10-17-8-4-5-9-18(17)15-19/h1-13,15,20,25-26H,14H2/t20-/m0/s1. The van der Waals surface area contributed by atoms with Crippen LogP contribution in [0.2, 0.25) is 0 Å². The molecule has 4 rings (SSSR count). The van der Waals surface area contributed by atoms with Gasteiger partial charge in [-0.25, -0.2) is 4.79 Å². The fraction of sp³-hybridized carbons (Fsp3) is 0.0870. The summed E-state index contributed by atoms with van der Waals surface area (Å²) in [5.74, 6) is -0.559. The van der Waals surface area contributed by atoms with Gasteiger partial charge >= 0.3 is 5.97 Å². The number of benzene rings is 3. The molecule has 0 aliphatic heterocycles. The molecule has 140 valence electrons. The van der Waals surface area contributed by atoms with Crippen LogP contribution in [-0.4, -0.2) is 20.7 Å². The molecule has 4 aromatic rings. The molecule has 0 aliphatic carbocycles. The largest absolute Gasteiger partial charge is 0.494 e. The van der Waals surface area contributed by atoms with Gasteiger partial charge in [0.05, 0.1) is 0 Å². The van der Waals surface area contributed by atoms with Crippen LogP contribution in [0.4, 0.5) is 0 Å². The molecule has 0 unspecified atom stereocenters. The third kappa shape index (κ3) is 3.55. The number of fused-ring (bicyclic) bond motifs is 1. The number of rotatable bonds is 5. The van der Waals surface area contributed by atoms with Gasteiger partial charge in [-0.1, -0.05) is 60.7 Å². The molecule has 0 radical (unpaired) electrons. The highest BCUT2D eigenvalue weighted by Crippen LogP contribution is 2.30. The molecule has 0 fully saturated rings. The number of esters is 1. The maximum atomic E-state index is 13.0. The number of hydrogen-bond acceptors (Lipinski definition) is 4. The average Bonchev–Trinajstić information content (AvgIpc) is 3.05. The van der Waals surface area contributed by atoms with Crippen molar-refractivity contribution in [3.05, 3.63) is 90.5 Å². The Morgan fingerprint density at radius 3 is 2.18 bits per heavy atom. The van der Waals surface area contributed by atoms with Crippen LogP contribution in [-0.2, 0) is 11.2 Å². The summed E-state index contributed by atoms with van der Waals surface area (Å²) in [5, 5.41) is 22.3. The molecule has 2 N–H and O–H groups in total. The minimum atomic E-state index is -0.913. The molecule has 0 bridgehead atoms. The van der Waals surface area contributed by atoms with E-state index < -0.39 is 12.0 Å².